The quantitative estimate of drug-likeness (QED) is 0.829. The van der Waals surface area contributed by atoms with E-state index in [0.29, 0.717) is 16.8 Å². The van der Waals surface area contributed by atoms with Crippen molar-refractivity contribution in [3.63, 3.8) is 0 Å². The molecule has 0 spiro atoms. The molecule has 1 aromatic heterocycles. The molecule has 1 aliphatic carbocycles. The average molecular weight is 303 g/mol. The van der Waals surface area contributed by atoms with Gasteiger partial charge in [-0.1, -0.05) is 49.1 Å². The number of carbonyl (C=O) groups is 1. The Bertz CT molecular complexity index is 665. The molecule has 0 atom stereocenters. The summed E-state index contributed by atoms with van der Waals surface area (Å²) in [5, 5.41) is 1.47. The Morgan fingerprint density at radius 1 is 1.24 bits per heavy atom. The minimum absolute atomic E-state index is 0.0328. The molecule has 0 N–H and O–H groups in total. The van der Waals surface area contributed by atoms with Gasteiger partial charge in [-0.05, 0) is 25.0 Å². The summed E-state index contributed by atoms with van der Waals surface area (Å²) in [4.78, 5) is 19.0. The lowest BCUT2D eigenvalue weighted by Crippen LogP contribution is -2.38. The van der Waals surface area contributed by atoms with Crippen molar-refractivity contribution >= 4 is 28.4 Å². The first-order chi connectivity index (χ1) is 10.2. The van der Waals surface area contributed by atoms with Crippen LogP contribution < -0.4 is 0 Å². The van der Waals surface area contributed by atoms with Crippen LogP contribution in [-0.4, -0.2) is 28.9 Å². The van der Waals surface area contributed by atoms with Crippen molar-refractivity contribution in [3.05, 3.63) is 41.0 Å². The second-order valence-electron chi connectivity index (χ2n) is 5.71. The van der Waals surface area contributed by atoms with E-state index >= 15 is 0 Å². The van der Waals surface area contributed by atoms with Crippen molar-refractivity contribution in [2.45, 2.75) is 38.1 Å². The first-order valence-corrected chi connectivity index (χ1v) is 7.87. The minimum Gasteiger partial charge on any atom is -0.337 e. The number of pyridine rings is 1. The molecule has 1 amide bonds. The monoisotopic (exact) mass is 302 g/mol. The summed E-state index contributed by atoms with van der Waals surface area (Å²) in [5.74, 6) is -0.0328. The summed E-state index contributed by atoms with van der Waals surface area (Å²) in [6, 6.07) is 9.66. The Balaban J connectivity index is 1.90. The van der Waals surface area contributed by atoms with E-state index in [2.05, 4.69) is 4.98 Å². The molecule has 1 aliphatic rings. The predicted molar refractivity (Wildman–Crippen MR) is 85.7 cm³/mol. The second kappa shape index (κ2) is 6.02. The first kappa shape index (κ1) is 14.3. The maximum absolute atomic E-state index is 12.6. The highest BCUT2D eigenvalue weighted by Crippen LogP contribution is 2.26. The number of para-hydroxylation sites is 1. The van der Waals surface area contributed by atoms with Crippen LogP contribution in [0.1, 0.15) is 42.6 Å². The van der Waals surface area contributed by atoms with Crippen LogP contribution in [0.5, 0.6) is 0 Å². The van der Waals surface area contributed by atoms with Gasteiger partial charge in [0.1, 0.15) is 5.69 Å². The van der Waals surface area contributed by atoms with Crippen LogP contribution in [0.2, 0.25) is 5.02 Å². The van der Waals surface area contributed by atoms with E-state index in [9.17, 15) is 4.79 Å². The molecule has 0 radical (unpaired) electrons. The standard InChI is InChI=1S/C17H19ClN2O/c1-20(12-7-3-2-4-8-12)17(21)16-11-14(18)13-9-5-6-10-15(13)19-16/h5-6,9-12H,2-4,7-8H2,1H3. The SMILES string of the molecule is CN(C(=O)c1cc(Cl)c2ccccc2n1)C1CCCCC1. The topological polar surface area (TPSA) is 33.2 Å². The largest absolute Gasteiger partial charge is 0.337 e. The molecule has 110 valence electrons. The first-order valence-electron chi connectivity index (χ1n) is 7.49. The molecule has 1 aromatic carbocycles. The molecule has 0 bridgehead atoms. The van der Waals surface area contributed by atoms with Gasteiger partial charge in [0.05, 0.1) is 10.5 Å². The van der Waals surface area contributed by atoms with Crippen LogP contribution in [-0.2, 0) is 0 Å². The molecule has 1 saturated carbocycles. The number of hydrogen-bond donors (Lipinski definition) is 0. The fourth-order valence-corrected chi connectivity index (χ4v) is 3.32. The van der Waals surface area contributed by atoms with Crippen LogP contribution in [0.25, 0.3) is 10.9 Å². The highest BCUT2D eigenvalue weighted by molar-refractivity contribution is 6.35. The zero-order valence-electron chi connectivity index (χ0n) is 12.2. The molecule has 0 aliphatic heterocycles. The third kappa shape index (κ3) is 2.88. The van der Waals surface area contributed by atoms with Gasteiger partial charge in [0.15, 0.2) is 0 Å². The summed E-state index contributed by atoms with van der Waals surface area (Å²) in [6.45, 7) is 0. The van der Waals surface area contributed by atoms with E-state index in [1.165, 1.54) is 19.3 Å². The third-order valence-electron chi connectivity index (χ3n) is 4.33. The second-order valence-corrected chi connectivity index (χ2v) is 6.12. The van der Waals surface area contributed by atoms with Crippen molar-refractivity contribution in [2.75, 3.05) is 7.05 Å². The Morgan fingerprint density at radius 3 is 2.71 bits per heavy atom. The molecule has 1 fully saturated rings. The van der Waals surface area contributed by atoms with Gasteiger partial charge in [0.2, 0.25) is 0 Å². The van der Waals surface area contributed by atoms with Crippen LogP contribution in [0.15, 0.2) is 30.3 Å². The van der Waals surface area contributed by atoms with Crippen molar-refractivity contribution in [3.8, 4) is 0 Å². The minimum atomic E-state index is -0.0328. The number of amides is 1. The molecule has 2 aromatic rings. The van der Waals surface area contributed by atoms with E-state index in [1.54, 1.807) is 6.07 Å². The van der Waals surface area contributed by atoms with Gasteiger partial charge >= 0.3 is 0 Å². The van der Waals surface area contributed by atoms with Crippen molar-refractivity contribution in [1.29, 1.82) is 0 Å². The van der Waals surface area contributed by atoms with Crippen LogP contribution in [0.4, 0.5) is 0 Å². The zero-order chi connectivity index (χ0) is 14.8. The van der Waals surface area contributed by atoms with Crippen molar-refractivity contribution in [2.24, 2.45) is 0 Å². The summed E-state index contributed by atoms with van der Waals surface area (Å²) in [5.41, 5.74) is 1.21. The van der Waals surface area contributed by atoms with Gasteiger partial charge in [-0.15, -0.1) is 0 Å². The van der Waals surface area contributed by atoms with Crippen LogP contribution >= 0.6 is 11.6 Å². The Hall–Kier alpha value is -1.61. The summed E-state index contributed by atoms with van der Waals surface area (Å²) < 4.78 is 0. The van der Waals surface area contributed by atoms with E-state index in [-0.39, 0.29) is 5.91 Å². The summed E-state index contributed by atoms with van der Waals surface area (Å²) >= 11 is 6.29. The normalized spacial score (nSPS) is 16.1. The molecule has 0 unspecified atom stereocenters. The molecule has 0 saturated heterocycles. The summed E-state index contributed by atoms with van der Waals surface area (Å²) in [6.07, 6.45) is 5.86. The van der Waals surface area contributed by atoms with Gasteiger partial charge < -0.3 is 4.90 Å². The predicted octanol–water partition coefficient (Wildman–Crippen LogP) is 4.29. The van der Waals surface area contributed by atoms with Crippen molar-refractivity contribution in [1.82, 2.24) is 9.88 Å². The third-order valence-corrected chi connectivity index (χ3v) is 4.64. The number of aromatic nitrogens is 1. The van der Waals surface area contributed by atoms with Crippen molar-refractivity contribution < 1.29 is 4.79 Å². The molecule has 1 heterocycles. The number of nitrogens with zero attached hydrogens (tertiary/aromatic N) is 2. The smallest absolute Gasteiger partial charge is 0.272 e. The zero-order valence-corrected chi connectivity index (χ0v) is 12.9. The van der Waals surface area contributed by atoms with Gasteiger partial charge in [0, 0.05) is 18.5 Å². The van der Waals surface area contributed by atoms with E-state index < -0.39 is 0 Å². The molecule has 3 rings (SSSR count). The Morgan fingerprint density at radius 2 is 1.95 bits per heavy atom. The number of hydrogen-bond acceptors (Lipinski definition) is 2. The maximum atomic E-state index is 12.6. The van der Waals surface area contributed by atoms with E-state index in [1.807, 2.05) is 36.2 Å². The fraction of sp³-hybridized carbons (Fsp3) is 0.412. The molecule has 3 nitrogen and oxygen atoms in total. The summed E-state index contributed by atoms with van der Waals surface area (Å²) in [7, 11) is 1.88. The lowest BCUT2D eigenvalue weighted by molar-refractivity contribution is 0.0690. The maximum Gasteiger partial charge on any atom is 0.272 e. The van der Waals surface area contributed by atoms with Gasteiger partial charge in [-0.25, -0.2) is 4.98 Å². The highest BCUT2D eigenvalue weighted by Gasteiger charge is 2.24. The molecule has 4 heteroatoms. The lowest BCUT2D eigenvalue weighted by Gasteiger charge is -2.31. The number of fused-ring (bicyclic) bond motifs is 1. The van der Waals surface area contributed by atoms with Crippen LogP contribution in [0, 0.1) is 0 Å². The van der Waals surface area contributed by atoms with Gasteiger partial charge in [-0.3, -0.25) is 4.79 Å². The fourth-order valence-electron chi connectivity index (χ4n) is 3.06. The van der Waals surface area contributed by atoms with E-state index in [4.69, 9.17) is 11.6 Å². The molecular formula is C17H19ClN2O. The number of benzene rings is 1. The number of halogens is 1. The molecular weight excluding hydrogens is 284 g/mol. The van der Waals surface area contributed by atoms with Gasteiger partial charge in [-0.2, -0.15) is 0 Å². The lowest BCUT2D eigenvalue weighted by atomic mass is 9.94. The highest BCUT2D eigenvalue weighted by atomic mass is 35.5. The average Bonchev–Trinajstić information content (AvgIpc) is 2.54. The van der Waals surface area contributed by atoms with Gasteiger partial charge in [0.25, 0.3) is 5.91 Å². The Labute approximate surface area is 129 Å². The van der Waals surface area contributed by atoms with E-state index in [0.717, 1.165) is 23.7 Å². The molecule has 21 heavy (non-hydrogen) atoms. The Kier molecular flexibility index (Phi) is 4.11. The number of carbonyl (C=O) groups excluding carboxylic acids is 1. The number of rotatable bonds is 2. The van der Waals surface area contributed by atoms with Crippen LogP contribution in [0.3, 0.4) is 0 Å².